The monoisotopic (exact) mass is 357 g/mol. The van der Waals surface area contributed by atoms with Crippen molar-refractivity contribution in [2.24, 2.45) is 10.2 Å². The minimum absolute atomic E-state index is 0.0918. The summed E-state index contributed by atoms with van der Waals surface area (Å²) in [7, 11) is 1.20. The van der Waals surface area contributed by atoms with Gasteiger partial charge in [0.05, 0.1) is 7.11 Å². The predicted octanol–water partition coefficient (Wildman–Crippen LogP) is 2.10. The van der Waals surface area contributed by atoms with Crippen molar-refractivity contribution < 1.29 is 37.1 Å². The molecule has 2 aliphatic heterocycles. The highest BCUT2D eigenvalue weighted by atomic mass is 19.4. The molecule has 2 aliphatic rings. The summed E-state index contributed by atoms with van der Waals surface area (Å²) in [6.07, 6.45) is -5.00. The van der Waals surface area contributed by atoms with E-state index < -0.39 is 40.7 Å². The molecule has 0 aromatic heterocycles. The molecule has 2 heterocycles. The molecular weight excluding hydrogens is 347 g/mol. The van der Waals surface area contributed by atoms with Gasteiger partial charge in [0.1, 0.15) is 11.3 Å². The van der Waals surface area contributed by atoms with Gasteiger partial charge < -0.3 is 9.57 Å². The SMILES string of the molecule is COc1ccc(C2(C(F)(F)F)N=N2)cc1C(=O)ON1C(=O)CCC1=O. The number of carbonyl (C=O) groups excluding carboxylic acids is 3. The Morgan fingerprint density at radius 1 is 1.20 bits per heavy atom. The summed E-state index contributed by atoms with van der Waals surface area (Å²) in [5.74, 6) is -2.73. The summed E-state index contributed by atoms with van der Waals surface area (Å²) in [6.45, 7) is 0. The third kappa shape index (κ3) is 2.71. The lowest BCUT2D eigenvalue weighted by Gasteiger charge is -2.18. The number of hydrogen-bond acceptors (Lipinski definition) is 7. The van der Waals surface area contributed by atoms with Gasteiger partial charge in [-0.1, -0.05) is 6.07 Å². The second-order valence-electron chi connectivity index (χ2n) is 5.25. The van der Waals surface area contributed by atoms with Gasteiger partial charge in [0, 0.05) is 18.4 Å². The van der Waals surface area contributed by atoms with Crippen LogP contribution in [0.5, 0.6) is 5.75 Å². The first-order valence-corrected chi connectivity index (χ1v) is 6.97. The molecular formula is C14H10F3N3O5. The van der Waals surface area contributed by atoms with Crippen LogP contribution < -0.4 is 4.74 Å². The highest BCUT2D eigenvalue weighted by Gasteiger charge is 2.65. The van der Waals surface area contributed by atoms with Crippen LogP contribution in [-0.4, -0.2) is 36.1 Å². The minimum Gasteiger partial charge on any atom is -0.496 e. The fourth-order valence-corrected chi connectivity index (χ4v) is 2.32. The largest absolute Gasteiger partial charge is 0.496 e. The van der Waals surface area contributed by atoms with Crippen molar-refractivity contribution in [3.05, 3.63) is 29.3 Å². The summed E-state index contributed by atoms with van der Waals surface area (Å²) >= 11 is 0. The highest BCUT2D eigenvalue weighted by molar-refractivity contribution is 6.03. The zero-order valence-electron chi connectivity index (χ0n) is 12.7. The van der Waals surface area contributed by atoms with E-state index in [9.17, 15) is 27.6 Å². The van der Waals surface area contributed by atoms with Crippen molar-refractivity contribution in [2.75, 3.05) is 7.11 Å². The van der Waals surface area contributed by atoms with Gasteiger partial charge in [0.15, 0.2) is 0 Å². The first-order chi connectivity index (χ1) is 11.7. The Labute approximate surface area is 138 Å². The normalized spacial score (nSPS) is 18.5. The van der Waals surface area contributed by atoms with Gasteiger partial charge in [-0.25, -0.2) is 4.79 Å². The third-order valence-corrected chi connectivity index (χ3v) is 3.70. The molecule has 1 fully saturated rings. The van der Waals surface area contributed by atoms with Crippen LogP contribution in [0.4, 0.5) is 13.2 Å². The summed E-state index contributed by atoms with van der Waals surface area (Å²) < 4.78 is 44.2. The maximum absolute atomic E-state index is 13.1. The smallest absolute Gasteiger partial charge is 0.442 e. The van der Waals surface area contributed by atoms with Gasteiger partial charge in [-0.2, -0.15) is 13.2 Å². The number of halogens is 3. The lowest BCUT2D eigenvalue weighted by atomic mass is 10.00. The molecule has 0 bridgehead atoms. The van der Waals surface area contributed by atoms with Gasteiger partial charge in [-0.15, -0.1) is 15.3 Å². The van der Waals surface area contributed by atoms with Crippen molar-refractivity contribution in [3.63, 3.8) is 0 Å². The third-order valence-electron chi connectivity index (χ3n) is 3.70. The second-order valence-corrected chi connectivity index (χ2v) is 5.25. The van der Waals surface area contributed by atoms with Crippen LogP contribution >= 0.6 is 0 Å². The molecule has 0 atom stereocenters. The fourth-order valence-electron chi connectivity index (χ4n) is 2.32. The molecule has 25 heavy (non-hydrogen) atoms. The van der Waals surface area contributed by atoms with E-state index in [0.29, 0.717) is 5.06 Å². The van der Waals surface area contributed by atoms with E-state index in [1.165, 1.54) is 7.11 Å². The molecule has 132 valence electrons. The Kier molecular flexibility index (Phi) is 3.73. The number of methoxy groups -OCH3 is 1. The van der Waals surface area contributed by atoms with Crippen LogP contribution in [0.15, 0.2) is 28.4 Å². The Bertz CT molecular complexity index is 783. The molecule has 11 heteroatoms. The quantitative estimate of drug-likeness (QED) is 0.769. The van der Waals surface area contributed by atoms with E-state index in [1.807, 2.05) is 0 Å². The van der Waals surface area contributed by atoms with Crippen molar-refractivity contribution in [2.45, 2.75) is 24.7 Å². The standard InChI is InChI=1S/C14H10F3N3O5/c1-24-9-3-2-7(13(18-19-13)14(15,16)17)6-8(9)12(23)25-20-10(21)4-5-11(20)22/h2-3,6H,4-5H2,1H3. The first kappa shape index (κ1) is 16.9. The van der Waals surface area contributed by atoms with Gasteiger partial charge in [-0.05, 0) is 12.1 Å². The summed E-state index contributed by atoms with van der Waals surface area (Å²) in [6, 6.07) is 3.05. The zero-order chi connectivity index (χ0) is 18.4. The summed E-state index contributed by atoms with van der Waals surface area (Å²) in [5, 5.41) is 6.39. The lowest BCUT2D eigenvalue weighted by Crippen LogP contribution is -2.33. The van der Waals surface area contributed by atoms with Crippen molar-refractivity contribution >= 4 is 17.8 Å². The maximum Gasteiger partial charge on any atom is 0.442 e. The van der Waals surface area contributed by atoms with Crippen LogP contribution in [0.1, 0.15) is 28.8 Å². The van der Waals surface area contributed by atoms with Crippen LogP contribution in [0, 0.1) is 0 Å². The number of hydroxylamine groups is 2. The molecule has 0 radical (unpaired) electrons. The first-order valence-electron chi connectivity index (χ1n) is 6.97. The van der Waals surface area contributed by atoms with Crippen molar-refractivity contribution in [1.29, 1.82) is 0 Å². The summed E-state index contributed by atoms with van der Waals surface area (Å²) in [4.78, 5) is 39.9. The molecule has 0 aliphatic carbocycles. The molecule has 1 aromatic rings. The minimum atomic E-state index is -4.77. The van der Waals surface area contributed by atoms with Crippen molar-refractivity contribution in [1.82, 2.24) is 5.06 Å². The average Bonchev–Trinajstić information content (AvgIpc) is 3.32. The number of rotatable bonds is 4. The molecule has 8 nitrogen and oxygen atoms in total. The van der Waals surface area contributed by atoms with Crippen LogP contribution in [0.2, 0.25) is 0 Å². The van der Waals surface area contributed by atoms with E-state index in [1.54, 1.807) is 0 Å². The number of nitrogens with zero attached hydrogens (tertiary/aromatic N) is 3. The molecule has 2 amide bonds. The number of ether oxygens (including phenoxy) is 1. The number of alkyl halides is 3. The van der Waals surface area contributed by atoms with E-state index in [0.717, 1.165) is 18.2 Å². The molecule has 0 N–H and O–H groups in total. The summed E-state index contributed by atoms with van der Waals surface area (Å²) in [5.41, 5.74) is -3.53. The van der Waals surface area contributed by atoms with E-state index in [2.05, 4.69) is 10.2 Å². The van der Waals surface area contributed by atoms with Crippen molar-refractivity contribution in [3.8, 4) is 5.75 Å². The molecule has 0 unspecified atom stereocenters. The lowest BCUT2D eigenvalue weighted by molar-refractivity contribution is -0.172. The highest BCUT2D eigenvalue weighted by Crippen LogP contribution is 2.52. The number of carbonyl (C=O) groups is 3. The molecule has 0 saturated carbocycles. The zero-order valence-corrected chi connectivity index (χ0v) is 12.7. The number of benzene rings is 1. The Morgan fingerprint density at radius 2 is 1.80 bits per heavy atom. The molecule has 1 aromatic carbocycles. The Balaban J connectivity index is 1.92. The molecule has 1 saturated heterocycles. The van der Waals surface area contributed by atoms with Crippen LogP contribution in [-0.2, 0) is 20.1 Å². The van der Waals surface area contributed by atoms with Gasteiger partial charge >= 0.3 is 17.8 Å². The van der Waals surface area contributed by atoms with E-state index in [-0.39, 0.29) is 18.6 Å². The van der Waals surface area contributed by atoms with Gasteiger partial charge in [-0.3, -0.25) is 9.59 Å². The second kappa shape index (κ2) is 5.53. The topological polar surface area (TPSA) is 97.6 Å². The van der Waals surface area contributed by atoms with E-state index in [4.69, 9.17) is 9.57 Å². The maximum atomic E-state index is 13.1. The Morgan fingerprint density at radius 3 is 2.28 bits per heavy atom. The predicted molar refractivity (Wildman–Crippen MR) is 72.1 cm³/mol. The molecule has 3 rings (SSSR count). The number of amides is 2. The van der Waals surface area contributed by atoms with E-state index >= 15 is 0 Å². The van der Waals surface area contributed by atoms with Gasteiger partial charge in [0.2, 0.25) is 0 Å². The molecule has 0 spiro atoms. The average molecular weight is 357 g/mol. The number of imide groups is 1. The fraction of sp³-hybridized carbons (Fsp3) is 0.357. The van der Waals surface area contributed by atoms with Crippen LogP contribution in [0.25, 0.3) is 0 Å². The Hall–Kier alpha value is -2.98. The van der Waals surface area contributed by atoms with Gasteiger partial charge in [0.25, 0.3) is 11.8 Å². The number of hydrogen-bond donors (Lipinski definition) is 0. The van der Waals surface area contributed by atoms with Crippen LogP contribution in [0.3, 0.4) is 0 Å².